The standard InChI is InChI=1S/C22H25F2NO4/c1-28-15-3-5-21-16(11-15)19(26)12-22(29-21)6-8-25(9-7-22)13-20(27)14-2-4-17(23)18(24)10-14/h2-5,10-11,19-20,26-27H,6-9,12-13H2,1H3/t19-,20+/m0/s1. The van der Waals surface area contributed by atoms with E-state index < -0.39 is 29.4 Å². The maximum Gasteiger partial charge on any atom is 0.159 e. The number of hydrogen-bond acceptors (Lipinski definition) is 5. The molecular formula is C22H25F2NO4. The van der Waals surface area contributed by atoms with Gasteiger partial charge >= 0.3 is 0 Å². The van der Waals surface area contributed by atoms with Crippen LogP contribution in [0.2, 0.25) is 0 Å². The number of nitrogens with zero attached hydrogens (tertiary/aromatic N) is 1. The van der Waals surface area contributed by atoms with Crippen LogP contribution < -0.4 is 9.47 Å². The van der Waals surface area contributed by atoms with E-state index in [1.165, 1.54) is 6.07 Å². The fraction of sp³-hybridized carbons (Fsp3) is 0.455. The number of likely N-dealkylation sites (tertiary alicyclic amines) is 1. The van der Waals surface area contributed by atoms with Gasteiger partial charge in [-0.3, -0.25) is 0 Å². The second-order valence-electron chi connectivity index (χ2n) is 7.90. The highest BCUT2D eigenvalue weighted by Gasteiger charge is 2.43. The molecule has 0 radical (unpaired) electrons. The molecule has 0 saturated carbocycles. The van der Waals surface area contributed by atoms with E-state index in [9.17, 15) is 19.0 Å². The van der Waals surface area contributed by atoms with E-state index in [1.807, 2.05) is 12.1 Å². The van der Waals surface area contributed by atoms with Crippen molar-refractivity contribution < 1.29 is 28.5 Å². The second-order valence-corrected chi connectivity index (χ2v) is 7.90. The Morgan fingerprint density at radius 2 is 1.93 bits per heavy atom. The Morgan fingerprint density at radius 1 is 1.17 bits per heavy atom. The summed E-state index contributed by atoms with van der Waals surface area (Å²) in [7, 11) is 1.59. The summed E-state index contributed by atoms with van der Waals surface area (Å²) < 4.78 is 38.0. The minimum Gasteiger partial charge on any atom is -0.497 e. The van der Waals surface area contributed by atoms with Crippen LogP contribution in [0.5, 0.6) is 11.5 Å². The first-order valence-electron chi connectivity index (χ1n) is 9.79. The minimum absolute atomic E-state index is 0.331. The topological polar surface area (TPSA) is 62.2 Å². The van der Waals surface area contributed by atoms with Crippen molar-refractivity contribution in [3.63, 3.8) is 0 Å². The Kier molecular flexibility index (Phi) is 5.46. The Morgan fingerprint density at radius 3 is 2.62 bits per heavy atom. The molecule has 5 nitrogen and oxygen atoms in total. The van der Waals surface area contributed by atoms with Crippen LogP contribution in [0.1, 0.15) is 42.6 Å². The molecule has 29 heavy (non-hydrogen) atoms. The van der Waals surface area contributed by atoms with Gasteiger partial charge in [0.2, 0.25) is 0 Å². The Labute approximate surface area is 168 Å². The maximum atomic E-state index is 13.4. The lowest BCUT2D eigenvalue weighted by molar-refractivity contribution is -0.0588. The van der Waals surface area contributed by atoms with E-state index >= 15 is 0 Å². The van der Waals surface area contributed by atoms with Crippen molar-refractivity contribution >= 4 is 0 Å². The zero-order chi connectivity index (χ0) is 20.6. The summed E-state index contributed by atoms with van der Waals surface area (Å²) >= 11 is 0. The van der Waals surface area contributed by atoms with Gasteiger partial charge in [-0.2, -0.15) is 0 Å². The lowest BCUT2D eigenvalue weighted by Crippen LogP contribution is -2.51. The van der Waals surface area contributed by atoms with Crippen molar-refractivity contribution in [1.29, 1.82) is 0 Å². The van der Waals surface area contributed by atoms with Crippen LogP contribution in [0.15, 0.2) is 36.4 Å². The molecule has 2 aliphatic heterocycles. The van der Waals surface area contributed by atoms with Gasteiger partial charge in [0.1, 0.15) is 17.1 Å². The first-order chi connectivity index (χ1) is 13.9. The second kappa shape index (κ2) is 7.89. The van der Waals surface area contributed by atoms with Crippen molar-refractivity contribution in [3.05, 3.63) is 59.2 Å². The van der Waals surface area contributed by atoms with Crippen LogP contribution in [0.25, 0.3) is 0 Å². The van der Waals surface area contributed by atoms with Crippen LogP contribution in [-0.2, 0) is 0 Å². The number of aliphatic hydroxyl groups is 2. The molecule has 2 N–H and O–H groups in total. The molecule has 0 bridgehead atoms. The highest BCUT2D eigenvalue weighted by Crippen LogP contribution is 2.45. The molecular weight excluding hydrogens is 380 g/mol. The van der Waals surface area contributed by atoms with Gasteiger partial charge in [0.15, 0.2) is 11.6 Å². The molecule has 0 aromatic heterocycles. The molecule has 2 aliphatic rings. The van der Waals surface area contributed by atoms with Gasteiger partial charge in [-0.1, -0.05) is 6.07 Å². The normalized spacial score (nSPS) is 22.0. The summed E-state index contributed by atoms with van der Waals surface area (Å²) in [5, 5.41) is 21.0. The highest BCUT2D eigenvalue weighted by molar-refractivity contribution is 5.43. The largest absolute Gasteiger partial charge is 0.497 e. The summed E-state index contributed by atoms with van der Waals surface area (Å²) in [5.74, 6) is -0.519. The SMILES string of the molecule is COc1ccc2c(c1)[C@@H](O)CC1(CCN(C[C@@H](O)c3ccc(F)c(F)c3)CC1)O2. The number of benzene rings is 2. The Bertz CT molecular complexity index is 883. The Hall–Kier alpha value is -2.22. The van der Waals surface area contributed by atoms with Crippen LogP contribution in [0, 0.1) is 11.6 Å². The average molecular weight is 405 g/mol. The van der Waals surface area contributed by atoms with Gasteiger partial charge in [-0.25, -0.2) is 8.78 Å². The molecule has 2 aromatic rings. The molecule has 2 heterocycles. The summed E-state index contributed by atoms with van der Waals surface area (Å²) in [5.41, 5.74) is 0.660. The summed E-state index contributed by atoms with van der Waals surface area (Å²) in [6.07, 6.45) is 0.408. The molecule has 1 spiro atoms. The molecule has 4 rings (SSSR count). The number of methoxy groups -OCH3 is 1. The van der Waals surface area contributed by atoms with Gasteiger partial charge in [0.05, 0.1) is 19.3 Å². The van der Waals surface area contributed by atoms with Gasteiger partial charge in [0.25, 0.3) is 0 Å². The van der Waals surface area contributed by atoms with Crippen LogP contribution in [0.3, 0.4) is 0 Å². The summed E-state index contributed by atoms with van der Waals surface area (Å²) in [6, 6.07) is 8.93. The number of piperidine rings is 1. The van der Waals surface area contributed by atoms with E-state index in [4.69, 9.17) is 9.47 Å². The number of halogens is 2. The lowest BCUT2D eigenvalue weighted by atomic mass is 9.81. The van der Waals surface area contributed by atoms with Gasteiger partial charge in [0, 0.05) is 31.6 Å². The lowest BCUT2D eigenvalue weighted by Gasteiger charge is -2.46. The molecule has 156 valence electrons. The van der Waals surface area contributed by atoms with Crippen molar-refractivity contribution in [2.45, 2.75) is 37.1 Å². The zero-order valence-corrected chi connectivity index (χ0v) is 16.3. The van der Waals surface area contributed by atoms with Crippen molar-refractivity contribution in [2.75, 3.05) is 26.7 Å². The maximum absolute atomic E-state index is 13.4. The monoisotopic (exact) mass is 405 g/mol. The molecule has 0 amide bonds. The third-order valence-corrected chi connectivity index (χ3v) is 5.99. The number of aliphatic hydroxyl groups excluding tert-OH is 2. The first-order valence-corrected chi connectivity index (χ1v) is 9.79. The molecule has 7 heteroatoms. The van der Waals surface area contributed by atoms with Crippen molar-refractivity contribution in [3.8, 4) is 11.5 Å². The van der Waals surface area contributed by atoms with Crippen molar-refractivity contribution in [1.82, 2.24) is 4.90 Å². The molecule has 0 unspecified atom stereocenters. The predicted octanol–water partition coefficient (Wildman–Crippen LogP) is 3.36. The molecule has 0 aliphatic carbocycles. The number of fused-ring (bicyclic) bond motifs is 1. The van der Waals surface area contributed by atoms with Crippen LogP contribution in [-0.4, -0.2) is 47.5 Å². The number of ether oxygens (including phenoxy) is 2. The van der Waals surface area contributed by atoms with E-state index in [1.54, 1.807) is 13.2 Å². The summed E-state index contributed by atoms with van der Waals surface area (Å²) in [4.78, 5) is 2.08. The van der Waals surface area contributed by atoms with E-state index in [0.717, 1.165) is 17.7 Å². The van der Waals surface area contributed by atoms with Gasteiger partial charge < -0.3 is 24.6 Å². The smallest absolute Gasteiger partial charge is 0.159 e. The zero-order valence-electron chi connectivity index (χ0n) is 16.3. The molecule has 2 atom stereocenters. The number of hydrogen-bond donors (Lipinski definition) is 2. The first kappa shape index (κ1) is 20.1. The fourth-order valence-electron chi connectivity index (χ4n) is 4.26. The van der Waals surface area contributed by atoms with E-state index in [0.29, 0.717) is 56.0 Å². The average Bonchev–Trinajstić information content (AvgIpc) is 2.71. The molecule has 2 aromatic carbocycles. The van der Waals surface area contributed by atoms with Crippen LogP contribution in [0.4, 0.5) is 8.78 Å². The minimum atomic E-state index is -0.959. The van der Waals surface area contributed by atoms with E-state index in [-0.39, 0.29) is 0 Å². The number of rotatable bonds is 4. The highest BCUT2D eigenvalue weighted by atomic mass is 19.2. The summed E-state index contributed by atoms with van der Waals surface area (Å²) in [6.45, 7) is 1.69. The number of β-amino-alcohol motifs (C(OH)–C–C–N with tert-alkyl or cyclic N) is 1. The van der Waals surface area contributed by atoms with Gasteiger partial charge in [-0.05, 0) is 48.7 Å². The quantitative estimate of drug-likeness (QED) is 0.817. The third-order valence-electron chi connectivity index (χ3n) is 5.99. The molecule has 1 saturated heterocycles. The van der Waals surface area contributed by atoms with Crippen LogP contribution >= 0.6 is 0 Å². The third kappa shape index (κ3) is 4.08. The molecule has 1 fully saturated rings. The van der Waals surface area contributed by atoms with Crippen molar-refractivity contribution in [2.24, 2.45) is 0 Å². The van der Waals surface area contributed by atoms with E-state index in [2.05, 4.69) is 4.90 Å². The van der Waals surface area contributed by atoms with Gasteiger partial charge in [-0.15, -0.1) is 0 Å². The predicted molar refractivity (Wildman–Crippen MR) is 103 cm³/mol. The fourth-order valence-corrected chi connectivity index (χ4v) is 4.26. The Balaban J connectivity index is 1.39.